The summed E-state index contributed by atoms with van der Waals surface area (Å²) >= 11 is 12.4. The summed E-state index contributed by atoms with van der Waals surface area (Å²) in [4.78, 5) is 33.2. The van der Waals surface area contributed by atoms with Gasteiger partial charge in [-0.1, -0.05) is 78.7 Å². The number of hydrogen-bond donors (Lipinski definition) is 2. The molecule has 0 saturated heterocycles. The minimum absolute atomic E-state index is 0.139. The first-order valence-corrected chi connectivity index (χ1v) is 21.1. The lowest BCUT2D eigenvalue weighted by Gasteiger charge is -2.37. The van der Waals surface area contributed by atoms with Crippen LogP contribution in [-0.2, 0) is 35.4 Å². The van der Waals surface area contributed by atoms with Gasteiger partial charge in [0.1, 0.15) is 23.6 Å². The maximum Gasteiger partial charge on any atom is 0.326 e. The van der Waals surface area contributed by atoms with Gasteiger partial charge in [-0.3, -0.25) is 14.7 Å². The van der Waals surface area contributed by atoms with E-state index in [1.54, 1.807) is 12.3 Å². The van der Waals surface area contributed by atoms with Crippen molar-refractivity contribution in [1.29, 1.82) is 0 Å². The summed E-state index contributed by atoms with van der Waals surface area (Å²) in [5.41, 5.74) is 10.8. The van der Waals surface area contributed by atoms with Gasteiger partial charge in [0.05, 0.1) is 22.7 Å². The molecule has 1 amide bonds. The second-order valence-electron chi connectivity index (χ2n) is 16.0. The Kier molecular flexibility index (Phi) is 11.8. The minimum atomic E-state index is -1.05. The molecule has 3 aliphatic rings. The molecule has 10 heteroatoms. The van der Waals surface area contributed by atoms with Crippen LogP contribution in [-0.4, -0.2) is 51.6 Å². The van der Waals surface area contributed by atoms with Crippen LogP contribution >= 0.6 is 23.2 Å². The predicted octanol–water partition coefficient (Wildman–Crippen LogP) is 10.0. The molecular formula is C48H49Cl2N3O5. The third-order valence-corrected chi connectivity index (χ3v) is 12.9. The molecule has 5 aromatic rings. The van der Waals surface area contributed by atoms with Crippen molar-refractivity contribution >= 4 is 35.1 Å². The second-order valence-corrected chi connectivity index (χ2v) is 16.8. The van der Waals surface area contributed by atoms with E-state index in [1.807, 2.05) is 61.5 Å². The van der Waals surface area contributed by atoms with Gasteiger partial charge < -0.3 is 19.9 Å². The first-order valence-electron chi connectivity index (χ1n) is 20.3. The first kappa shape index (κ1) is 39.9. The molecule has 3 heterocycles. The number of aromatic nitrogens is 1. The number of aryl methyl sites for hydroxylation is 1. The number of carbonyl (C=O) groups is 2. The topological polar surface area (TPSA) is 101 Å². The summed E-state index contributed by atoms with van der Waals surface area (Å²) in [6, 6.07) is 27.2. The van der Waals surface area contributed by atoms with Gasteiger partial charge in [-0.15, -0.1) is 0 Å². The number of pyridine rings is 1. The van der Waals surface area contributed by atoms with Crippen LogP contribution in [0, 0.1) is 13.8 Å². The Morgan fingerprint density at radius 1 is 0.914 bits per heavy atom. The van der Waals surface area contributed by atoms with Crippen LogP contribution in [0.1, 0.15) is 89.3 Å². The van der Waals surface area contributed by atoms with E-state index in [0.29, 0.717) is 35.7 Å². The Bertz CT molecular complexity index is 2310. The molecule has 8 nitrogen and oxygen atoms in total. The molecule has 0 unspecified atom stereocenters. The fraction of sp³-hybridized carbons (Fsp3) is 0.354. The molecule has 1 saturated carbocycles. The lowest BCUT2D eigenvalue weighted by atomic mass is 9.86. The molecular weight excluding hydrogens is 769 g/mol. The maximum atomic E-state index is 14.0. The van der Waals surface area contributed by atoms with Crippen LogP contribution in [0.4, 0.5) is 0 Å². The summed E-state index contributed by atoms with van der Waals surface area (Å²) in [6.07, 6.45) is 6.94. The molecule has 1 aromatic heterocycles. The molecule has 1 fully saturated rings. The van der Waals surface area contributed by atoms with Crippen molar-refractivity contribution in [3.8, 4) is 22.6 Å². The molecule has 4 atom stereocenters. The molecule has 2 N–H and O–H groups in total. The zero-order chi connectivity index (χ0) is 40.5. The molecule has 4 aromatic carbocycles. The van der Waals surface area contributed by atoms with Gasteiger partial charge in [-0.05, 0) is 145 Å². The van der Waals surface area contributed by atoms with Crippen LogP contribution in [0.5, 0.6) is 11.5 Å². The van der Waals surface area contributed by atoms with Gasteiger partial charge in [0.25, 0.3) is 0 Å². The fourth-order valence-corrected chi connectivity index (χ4v) is 8.84. The van der Waals surface area contributed by atoms with Crippen LogP contribution in [0.2, 0.25) is 10.0 Å². The predicted molar refractivity (Wildman–Crippen MR) is 228 cm³/mol. The Balaban J connectivity index is 0.940. The number of carboxylic acid groups (broad SMARTS) is 1. The highest BCUT2D eigenvalue weighted by molar-refractivity contribution is 6.42. The van der Waals surface area contributed by atoms with Gasteiger partial charge in [-0.2, -0.15) is 0 Å². The summed E-state index contributed by atoms with van der Waals surface area (Å²) in [5, 5.41) is 14.2. The summed E-state index contributed by atoms with van der Waals surface area (Å²) in [7, 11) is 0. The molecule has 58 heavy (non-hydrogen) atoms. The van der Waals surface area contributed by atoms with Crippen LogP contribution < -0.4 is 14.8 Å². The molecule has 8 rings (SSSR count). The normalized spacial score (nSPS) is 18.8. The van der Waals surface area contributed by atoms with E-state index in [0.717, 1.165) is 82.7 Å². The van der Waals surface area contributed by atoms with Crippen molar-refractivity contribution in [2.75, 3.05) is 6.61 Å². The van der Waals surface area contributed by atoms with Gasteiger partial charge in [-0.25, -0.2) is 4.79 Å². The number of hydrogen-bond acceptors (Lipinski definition) is 6. The monoisotopic (exact) mass is 817 g/mol. The Hall–Kier alpha value is -4.89. The summed E-state index contributed by atoms with van der Waals surface area (Å²) < 4.78 is 12.8. The number of carboxylic acids is 1. The van der Waals surface area contributed by atoms with Crippen molar-refractivity contribution in [3.05, 3.63) is 146 Å². The number of halogens is 2. The highest BCUT2D eigenvalue weighted by Crippen LogP contribution is 2.40. The molecule has 2 aliphatic heterocycles. The van der Waals surface area contributed by atoms with Gasteiger partial charge >= 0.3 is 5.97 Å². The van der Waals surface area contributed by atoms with E-state index in [4.69, 9.17) is 32.7 Å². The van der Waals surface area contributed by atoms with Gasteiger partial charge in [0.2, 0.25) is 5.91 Å². The highest BCUT2D eigenvalue weighted by Gasteiger charge is 2.41. The fourth-order valence-electron chi connectivity index (χ4n) is 8.54. The smallest absolute Gasteiger partial charge is 0.326 e. The average Bonchev–Trinajstić information content (AvgIpc) is 4.09. The molecule has 0 bridgehead atoms. The quantitative estimate of drug-likeness (QED) is 0.129. The molecule has 0 spiro atoms. The number of rotatable bonds is 12. The number of aliphatic carboxylic acids is 1. The third-order valence-electron chi connectivity index (χ3n) is 12.1. The van der Waals surface area contributed by atoms with Crippen LogP contribution in [0.3, 0.4) is 0 Å². The second kappa shape index (κ2) is 17.1. The Morgan fingerprint density at radius 2 is 1.69 bits per heavy atom. The number of benzene rings is 4. The van der Waals surface area contributed by atoms with Crippen molar-refractivity contribution in [2.45, 2.75) is 102 Å². The number of nitrogens with zero attached hydrogens (tertiary/aromatic N) is 2. The van der Waals surface area contributed by atoms with Gasteiger partial charge in [0.15, 0.2) is 0 Å². The van der Waals surface area contributed by atoms with Crippen molar-refractivity contribution in [3.63, 3.8) is 0 Å². The highest BCUT2D eigenvalue weighted by atomic mass is 35.5. The number of ether oxygens (including phenoxy) is 2. The van der Waals surface area contributed by atoms with Crippen molar-refractivity contribution < 1.29 is 24.2 Å². The summed E-state index contributed by atoms with van der Waals surface area (Å²) in [6.45, 7) is 7.36. The molecule has 0 radical (unpaired) electrons. The van der Waals surface area contributed by atoms with Crippen LogP contribution in [0.15, 0.2) is 91.1 Å². The van der Waals surface area contributed by atoms with Crippen molar-refractivity contribution in [1.82, 2.24) is 15.2 Å². The molecule has 1 aliphatic carbocycles. The number of carbonyl (C=O) groups excluding carboxylic acids is 1. The number of fused-ring (bicyclic) bond motifs is 2. The maximum absolute atomic E-state index is 14.0. The average molecular weight is 819 g/mol. The van der Waals surface area contributed by atoms with Crippen LogP contribution in [0.25, 0.3) is 11.1 Å². The van der Waals surface area contributed by atoms with E-state index in [2.05, 4.69) is 53.3 Å². The number of amides is 1. The minimum Gasteiger partial charge on any atom is -0.493 e. The largest absolute Gasteiger partial charge is 0.493 e. The van der Waals surface area contributed by atoms with E-state index in [1.165, 1.54) is 16.7 Å². The lowest BCUT2D eigenvalue weighted by Crippen LogP contribution is -2.55. The Morgan fingerprint density at radius 3 is 2.40 bits per heavy atom. The van der Waals surface area contributed by atoms with E-state index >= 15 is 0 Å². The van der Waals surface area contributed by atoms with Gasteiger partial charge in [0, 0.05) is 30.9 Å². The SMILES string of the molecule is CC[C@@H](Oc1ccc([C@@H]2CCOc3cc4c(cc3C2)CN(C2CC2)[C@H](C(=O)N[C@@H](Cc2ccc(-c3ccnc(C)c3C)cc2)C(=O)O)C4)cc1)c1ccc(Cl)c(Cl)c1. The zero-order valence-corrected chi connectivity index (χ0v) is 34.7. The number of nitrogens with one attached hydrogen (secondary N) is 1. The summed E-state index contributed by atoms with van der Waals surface area (Å²) in [5.74, 6) is 0.665. The third kappa shape index (κ3) is 8.75. The lowest BCUT2D eigenvalue weighted by molar-refractivity contribution is -0.142. The first-order chi connectivity index (χ1) is 28.0. The standard InChI is InChI=1S/C48H49Cl2N3O5/c1-4-45(34-11-16-41(49)42(50)24-34)58-39-14-9-31(10-15-39)33-18-20-57-46-26-35-25-44(53(38-12-13-38)27-37(35)23-36(46)22-33)47(54)52-43(48(55)56)21-30-5-7-32(8-6-30)40-17-19-51-29(3)28(40)2/h5-11,14-17,19,23-24,26,33,38,43-45H,4,12-13,18,20-22,25,27H2,1-3H3,(H,52,54)(H,55,56)/t33-,43+,44+,45-/m1/s1. The molecule has 300 valence electrons. The van der Waals surface area contributed by atoms with E-state index < -0.39 is 18.1 Å². The van der Waals surface area contributed by atoms with Crippen molar-refractivity contribution in [2.24, 2.45) is 0 Å². The van der Waals surface area contributed by atoms with E-state index in [9.17, 15) is 14.7 Å². The Labute approximate surface area is 350 Å². The zero-order valence-electron chi connectivity index (χ0n) is 33.1. The van der Waals surface area contributed by atoms with E-state index in [-0.39, 0.29) is 24.3 Å².